The molecule has 2 aliphatic rings. The quantitative estimate of drug-likeness (QED) is 0.824. The second-order valence-corrected chi connectivity index (χ2v) is 7.57. The van der Waals surface area contributed by atoms with Gasteiger partial charge in [-0.1, -0.05) is 25.7 Å². The van der Waals surface area contributed by atoms with Crippen LogP contribution in [-0.4, -0.2) is 22.4 Å². The zero-order valence-electron chi connectivity index (χ0n) is 12.5. The van der Waals surface area contributed by atoms with Crippen LogP contribution in [0.2, 0.25) is 0 Å². The molecule has 1 N–H and O–H groups in total. The van der Waals surface area contributed by atoms with Crippen molar-refractivity contribution in [2.75, 3.05) is 0 Å². The van der Waals surface area contributed by atoms with E-state index in [0.29, 0.717) is 0 Å². The molecule has 106 valence electrons. The third kappa shape index (κ3) is 3.27. The fourth-order valence-corrected chi connectivity index (χ4v) is 4.11. The largest absolute Gasteiger partial charge is 0.393 e. The number of aliphatic hydroxyl groups excluding tert-OH is 1. The molecule has 2 atom stereocenters. The van der Waals surface area contributed by atoms with Gasteiger partial charge in [0.2, 0.25) is 0 Å². The van der Waals surface area contributed by atoms with Crippen molar-refractivity contribution < 1.29 is 9.84 Å². The number of hydrogen-bond donors (Lipinski definition) is 1. The Morgan fingerprint density at radius 1 is 1.17 bits per heavy atom. The number of rotatable bonds is 4. The van der Waals surface area contributed by atoms with Crippen molar-refractivity contribution in [3.63, 3.8) is 0 Å². The number of hydrogen-bond acceptors (Lipinski definition) is 2. The Bertz CT molecular complexity index is 277. The molecule has 0 aromatic carbocycles. The maximum Gasteiger partial charge on any atom is 0.0687 e. The van der Waals surface area contributed by atoms with Gasteiger partial charge in [0.15, 0.2) is 0 Å². The van der Waals surface area contributed by atoms with Crippen molar-refractivity contribution >= 4 is 0 Å². The topological polar surface area (TPSA) is 29.5 Å². The lowest BCUT2D eigenvalue weighted by Gasteiger charge is -2.30. The molecule has 1 aliphatic heterocycles. The first-order chi connectivity index (χ1) is 8.30. The molecule has 2 unspecified atom stereocenters. The summed E-state index contributed by atoms with van der Waals surface area (Å²) >= 11 is 0. The Hall–Kier alpha value is -0.0800. The molecule has 0 bridgehead atoms. The van der Waals surface area contributed by atoms with E-state index in [1.807, 2.05) is 0 Å². The van der Waals surface area contributed by atoms with E-state index in [2.05, 4.69) is 27.7 Å². The van der Waals surface area contributed by atoms with E-state index < -0.39 is 0 Å². The van der Waals surface area contributed by atoms with Gasteiger partial charge in [0.1, 0.15) is 0 Å². The van der Waals surface area contributed by atoms with Crippen molar-refractivity contribution in [3.8, 4) is 0 Å². The van der Waals surface area contributed by atoms with Gasteiger partial charge in [-0.25, -0.2) is 0 Å². The number of ether oxygens (including phenoxy) is 1. The second kappa shape index (κ2) is 5.13. The Labute approximate surface area is 112 Å². The van der Waals surface area contributed by atoms with Gasteiger partial charge in [-0.3, -0.25) is 0 Å². The standard InChI is InChI=1S/C16H30O2/c1-15(2)11-13(16(3,4)18-15)14(17)10-9-12-7-5-6-8-12/h12-14,17H,5-11H2,1-4H3. The average Bonchev–Trinajstić information content (AvgIpc) is 2.80. The molecule has 0 radical (unpaired) electrons. The molecule has 2 fully saturated rings. The Kier molecular flexibility index (Phi) is 4.08. The van der Waals surface area contributed by atoms with Crippen LogP contribution in [0.4, 0.5) is 0 Å². The molecule has 2 rings (SSSR count). The van der Waals surface area contributed by atoms with E-state index in [9.17, 15) is 5.11 Å². The summed E-state index contributed by atoms with van der Waals surface area (Å²) in [4.78, 5) is 0. The van der Waals surface area contributed by atoms with Crippen LogP contribution >= 0.6 is 0 Å². The van der Waals surface area contributed by atoms with E-state index in [4.69, 9.17) is 4.74 Å². The predicted molar refractivity (Wildman–Crippen MR) is 74.5 cm³/mol. The zero-order chi connectivity index (χ0) is 13.4. The SMILES string of the molecule is CC1(C)CC(C(O)CCC2CCCC2)C(C)(C)O1. The van der Waals surface area contributed by atoms with Crippen molar-refractivity contribution in [3.05, 3.63) is 0 Å². The summed E-state index contributed by atoms with van der Waals surface area (Å²) in [7, 11) is 0. The van der Waals surface area contributed by atoms with Gasteiger partial charge in [0.05, 0.1) is 17.3 Å². The van der Waals surface area contributed by atoms with E-state index in [1.165, 1.54) is 32.1 Å². The maximum atomic E-state index is 10.5. The molecule has 0 aromatic rings. The first-order valence-corrected chi connectivity index (χ1v) is 7.68. The van der Waals surface area contributed by atoms with Gasteiger partial charge >= 0.3 is 0 Å². The summed E-state index contributed by atoms with van der Waals surface area (Å²) in [6.45, 7) is 8.54. The molecule has 2 nitrogen and oxygen atoms in total. The minimum atomic E-state index is -0.192. The Balaban J connectivity index is 1.86. The third-order valence-corrected chi connectivity index (χ3v) is 4.95. The molecule has 0 spiro atoms. The normalized spacial score (nSPS) is 32.8. The maximum absolute atomic E-state index is 10.5. The minimum absolute atomic E-state index is 0.0808. The number of aliphatic hydroxyl groups is 1. The molecule has 2 heteroatoms. The summed E-state index contributed by atoms with van der Waals surface area (Å²) in [6, 6.07) is 0. The van der Waals surface area contributed by atoms with Crippen molar-refractivity contribution in [2.45, 2.75) is 89.9 Å². The summed E-state index contributed by atoms with van der Waals surface area (Å²) in [5, 5.41) is 10.5. The van der Waals surface area contributed by atoms with Crippen molar-refractivity contribution in [1.29, 1.82) is 0 Å². The monoisotopic (exact) mass is 254 g/mol. The minimum Gasteiger partial charge on any atom is -0.393 e. The van der Waals surface area contributed by atoms with Gasteiger partial charge in [-0.05, 0) is 52.9 Å². The van der Waals surface area contributed by atoms with Crippen LogP contribution < -0.4 is 0 Å². The lowest BCUT2D eigenvalue weighted by Crippen LogP contribution is -2.36. The van der Waals surface area contributed by atoms with Crippen LogP contribution in [0.25, 0.3) is 0 Å². The highest BCUT2D eigenvalue weighted by atomic mass is 16.5. The van der Waals surface area contributed by atoms with E-state index in [1.54, 1.807) is 0 Å². The fourth-order valence-electron chi connectivity index (χ4n) is 4.11. The van der Waals surface area contributed by atoms with E-state index >= 15 is 0 Å². The average molecular weight is 254 g/mol. The van der Waals surface area contributed by atoms with Gasteiger partial charge in [-0.15, -0.1) is 0 Å². The summed E-state index contributed by atoms with van der Waals surface area (Å²) in [5.41, 5.74) is -0.263. The van der Waals surface area contributed by atoms with Crippen LogP contribution in [0.1, 0.15) is 72.6 Å². The van der Waals surface area contributed by atoms with Gasteiger partial charge in [0, 0.05) is 5.92 Å². The second-order valence-electron chi connectivity index (χ2n) is 7.57. The molecule has 0 amide bonds. The smallest absolute Gasteiger partial charge is 0.0687 e. The Morgan fingerprint density at radius 2 is 1.78 bits per heavy atom. The molecular formula is C16H30O2. The van der Waals surface area contributed by atoms with Crippen LogP contribution in [0.5, 0.6) is 0 Å². The molecule has 1 aliphatic carbocycles. The van der Waals surface area contributed by atoms with E-state index in [0.717, 1.165) is 18.8 Å². The predicted octanol–water partition coefficient (Wildman–Crippen LogP) is 3.91. The molecule has 1 heterocycles. The highest BCUT2D eigenvalue weighted by Gasteiger charge is 2.48. The van der Waals surface area contributed by atoms with Crippen LogP contribution in [0.3, 0.4) is 0 Å². The first kappa shape index (κ1) is 14.3. The fraction of sp³-hybridized carbons (Fsp3) is 1.00. The van der Waals surface area contributed by atoms with Gasteiger partial charge in [0.25, 0.3) is 0 Å². The van der Waals surface area contributed by atoms with Crippen LogP contribution in [0, 0.1) is 11.8 Å². The van der Waals surface area contributed by atoms with Gasteiger partial charge in [-0.2, -0.15) is 0 Å². The summed E-state index contributed by atoms with van der Waals surface area (Å²) in [6.07, 6.45) is 8.49. The zero-order valence-corrected chi connectivity index (χ0v) is 12.5. The first-order valence-electron chi connectivity index (χ1n) is 7.68. The molecular weight excluding hydrogens is 224 g/mol. The van der Waals surface area contributed by atoms with Crippen molar-refractivity contribution in [1.82, 2.24) is 0 Å². The van der Waals surface area contributed by atoms with Gasteiger partial charge < -0.3 is 9.84 Å². The molecule has 0 aromatic heterocycles. The molecule has 18 heavy (non-hydrogen) atoms. The lowest BCUT2D eigenvalue weighted by atomic mass is 9.80. The van der Waals surface area contributed by atoms with Crippen LogP contribution in [0.15, 0.2) is 0 Å². The lowest BCUT2D eigenvalue weighted by molar-refractivity contribution is -0.0885. The Morgan fingerprint density at radius 3 is 2.28 bits per heavy atom. The highest BCUT2D eigenvalue weighted by Crippen LogP contribution is 2.44. The molecule has 1 saturated heterocycles. The summed E-state index contributed by atoms with van der Waals surface area (Å²) in [5.74, 6) is 1.16. The third-order valence-electron chi connectivity index (χ3n) is 4.95. The molecule has 1 saturated carbocycles. The highest BCUT2D eigenvalue weighted by molar-refractivity contribution is 4.97. The van der Waals surface area contributed by atoms with E-state index in [-0.39, 0.29) is 23.2 Å². The van der Waals surface area contributed by atoms with Crippen LogP contribution in [-0.2, 0) is 4.74 Å². The van der Waals surface area contributed by atoms with Crippen molar-refractivity contribution in [2.24, 2.45) is 11.8 Å². The summed E-state index contributed by atoms with van der Waals surface area (Å²) < 4.78 is 6.08.